The Morgan fingerprint density at radius 2 is 1.97 bits per heavy atom. The summed E-state index contributed by atoms with van der Waals surface area (Å²) in [5, 5.41) is 11.0. The van der Waals surface area contributed by atoms with Gasteiger partial charge in [-0.2, -0.15) is 0 Å². The van der Waals surface area contributed by atoms with Gasteiger partial charge in [-0.1, -0.05) is 17.7 Å². The number of rotatable bonds is 5. The lowest BCUT2D eigenvalue weighted by atomic mass is 9.89. The van der Waals surface area contributed by atoms with Crippen molar-refractivity contribution in [1.29, 1.82) is 0 Å². The Bertz CT molecular complexity index is 1140. The van der Waals surface area contributed by atoms with Crippen molar-refractivity contribution >= 4 is 46.1 Å². The lowest BCUT2D eigenvalue weighted by Crippen LogP contribution is -2.42. The second-order valence-corrected chi connectivity index (χ2v) is 10.8. The Morgan fingerprint density at radius 3 is 2.57 bits per heavy atom. The van der Waals surface area contributed by atoms with Gasteiger partial charge in [0.1, 0.15) is 11.9 Å². The SMILES string of the molecule is CSC1=CN(Nc2ccc(C3CCN(C(=O)OC(C)(C)C)CC3)cc2Cl)C(C(N)=O)c2nncn21. The van der Waals surface area contributed by atoms with Gasteiger partial charge in [0.25, 0.3) is 0 Å². The fourth-order valence-corrected chi connectivity index (χ4v) is 5.02. The summed E-state index contributed by atoms with van der Waals surface area (Å²) < 4.78 is 7.23. The number of hydrogen-bond acceptors (Lipinski definition) is 8. The van der Waals surface area contributed by atoms with E-state index in [-0.39, 0.29) is 12.0 Å². The first-order valence-corrected chi connectivity index (χ1v) is 13.0. The van der Waals surface area contributed by atoms with E-state index < -0.39 is 17.6 Å². The van der Waals surface area contributed by atoms with E-state index in [2.05, 4.69) is 15.6 Å². The van der Waals surface area contributed by atoms with E-state index >= 15 is 0 Å². The van der Waals surface area contributed by atoms with Crippen LogP contribution in [-0.4, -0.2) is 61.6 Å². The molecule has 3 N–H and O–H groups in total. The number of hydrogen-bond donors (Lipinski definition) is 2. The van der Waals surface area contributed by atoms with Gasteiger partial charge in [0.15, 0.2) is 11.9 Å². The number of hydrazine groups is 1. The number of carbonyl (C=O) groups is 2. The summed E-state index contributed by atoms with van der Waals surface area (Å²) in [6, 6.07) is 5.00. The van der Waals surface area contributed by atoms with Gasteiger partial charge in [-0.25, -0.2) is 4.79 Å². The van der Waals surface area contributed by atoms with Crippen molar-refractivity contribution in [2.45, 2.75) is 51.2 Å². The third kappa shape index (κ3) is 5.51. The molecule has 2 aliphatic rings. The number of anilines is 1. The van der Waals surface area contributed by atoms with E-state index in [1.54, 1.807) is 27.0 Å². The van der Waals surface area contributed by atoms with E-state index in [1.807, 2.05) is 45.2 Å². The lowest BCUT2D eigenvalue weighted by molar-refractivity contribution is -0.122. The molecular formula is C23H30ClN7O3S. The van der Waals surface area contributed by atoms with Crippen molar-refractivity contribution in [3.63, 3.8) is 0 Å². The summed E-state index contributed by atoms with van der Waals surface area (Å²) in [6.07, 6.45) is 6.65. The van der Waals surface area contributed by atoms with Crippen LogP contribution in [0.25, 0.3) is 5.03 Å². The Labute approximate surface area is 213 Å². The topological polar surface area (TPSA) is 119 Å². The molecule has 1 atom stereocenters. The van der Waals surface area contributed by atoms with Crippen LogP contribution in [0.4, 0.5) is 10.5 Å². The maximum Gasteiger partial charge on any atom is 0.410 e. The number of ether oxygens (including phenoxy) is 1. The number of thioether (sulfide) groups is 1. The molecule has 0 saturated carbocycles. The number of likely N-dealkylation sites (tertiary alicyclic amines) is 1. The van der Waals surface area contributed by atoms with Crippen LogP contribution < -0.4 is 11.2 Å². The minimum Gasteiger partial charge on any atom is -0.444 e. The molecule has 2 aliphatic heterocycles. The third-order valence-corrected chi connectivity index (χ3v) is 6.96. The molecule has 0 aliphatic carbocycles. The maximum atomic E-state index is 12.3. The molecule has 12 heteroatoms. The molecule has 1 fully saturated rings. The molecule has 1 saturated heterocycles. The van der Waals surface area contributed by atoms with Crippen molar-refractivity contribution in [2.24, 2.45) is 5.73 Å². The van der Waals surface area contributed by atoms with Gasteiger partial charge in [0, 0.05) is 13.1 Å². The fourth-order valence-electron chi connectivity index (χ4n) is 4.23. The van der Waals surface area contributed by atoms with Crippen LogP contribution in [0.3, 0.4) is 0 Å². The zero-order valence-electron chi connectivity index (χ0n) is 20.2. The van der Waals surface area contributed by atoms with E-state index in [9.17, 15) is 9.59 Å². The second-order valence-electron chi connectivity index (χ2n) is 9.54. The van der Waals surface area contributed by atoms with Crippen molar-refractivity contribution in [3.05, 3.63) is 47.1 Å². The summed E-state index contributed by atoms with van der Waals surface area (Å²) in [5.41, 5.74) is 10.1. The molecule has 2 aromatic rings. The molecule has 0 spiro atoms. The van der Waals surface area contributed by atoms with Gasteiger partial charge in [-0.15, -0.1) is 22.0 Å². The Hall–Kier alpha value is -2.92. The highest BCUT2D eigenvalue weighted by Gasteiger charge is 2.34. The number of nitrogens with two attached hydrogens (primary N) is 1. The molecule has 2 amide bonds. The van der Waals surface area contributed by atoms with Gasteiger partial charge in [0.2, 0.25) is 5.91 Å². The predicted molar refractivity (Wildman–Crippen MR) is 136 cm³/mol. The number of halogens is 1. The minimum absolute atomic E-state index is 0.271. The smallest absolute Gasteiger partial charge is 0.410 e. The third-order valence-electron chi connectivity index (χ3n) is 5.92. The van der Waals surface area contributed by atoms with Crippen LogP contribution in [0.2, 0.25) is 5.02 Å². The molecule has 35 heavy (non-hydrogen) atoms. The van der Waals surface area contributed by atoms with Crippen LogP contribution in [0.1, 0.15) is 57.0 Å². The summed E-state index contributed by atoms with van der Waals surface area (Å²) in [6.45, 7) is 6.87. The molecule has 0 radical (unpaired) electrons. The number of amides is 2. The number of nitrogens with zero attached hydrogens (tertiary/aromatic N) is 5. The molecule has 188 valence electrons. The van der Waals surface area contributed by atoms with Gasteiger partial charge in [-0.3, -0.25) is 19.8 Å². The largest absolute Gasteiger partial charge is 0.444 e. The summed E-state index contributed by atoms with van der Waals surface area (Å²) in [7, 11) is 0. The molecule has 0 bridgehead atoms. The highest BCUT2D eigenvalue weighted by atomic mass is 35.5. The first-order valence-electron chi connectivity index (χ1n) is 11.3. The number of primary amides is 1. The standard InChI is InChI=1S/C23H30ClN7O3S/c1-23(2,3)34-22(33)29-9-7-14(8-10-29)15-5-6-17(16(24)11-15)28-31-12-18(35-4)30-13-26-27-21(30)19(31)20(25)32/h5-6,11-14,19,28H,7-10H2,1-4H3,(H2,25,32). The van der Waals surface area contributed by atoms with Gasteiger partial charge in [0.05, 0.1) is 21.9 Å². The molecule has 1 unspecified atom stereocenters. The van der Waals surface area contributed by atoms with Crippen LogP contribution in [0.15, 0.2) is 30.7 Å². The molecule has 10 nitrogen and oxygen atoms in total. The number of nitrogens with one attached hydrogen (secondary N) is 1. The number of aromatic nitrogens is 3. The van der Waals surface area contributed by atoms with Crippen molar-refractivity contribution in [2.75, 3.05) is 24.8 Å². The zero-order valence-corrected chi connectivity index (χ0v) is 21.8. The first-order chi connectivity index (χ1) is 16.6. The minimum atomic E-state index is -0.846. The lowest BCUT2D eigenvalue weighted by Gasteiger charge is -2.34. The van der Waals surface area contributed by atoms with Crippen LogP contribution in [0.5, 0.6) is 0 Å². The second kappa shape index (κ2) is 9.98. The monoisotopic (exact) mass is 519 g/mol. The van der Waals surface area contributed by atoms with E-state index in [0.717, 1.165) is 23.4 Å². The number of benzene rings is 1. The molecule has 4 rings (SSSR count). The Morgan fingerprint density at radius 1 is 1.26 bits per heavy atom. The number of piperidine rings is 1. The van der Waals surface area contributed by atoms with Crippen LogP contribution in [-0.2, 0) is 9.53 Å². The van der Waals surface area contributed by atoms with E-state index in [4.69, 9.17) is 22.1 Å². The molecule has 3 heterocycles. The normalized spacial score (nSPS) is 18.7. The average Bonchev–Trinajstić information content (AvgIpc) is 3.28. The molecule has 1 aromatic carbocycles. The van der Waals surface area contributed by atoms with Gasteiger partial charge < -0.3 is 15.4 Å². The van der Waals surface area contributed by atoms with Gasteiger partial charge >= 0.3 is 6.09 Å². The Kier molecular flexibility index (Phi) is 7.18. The predicted octanol–water partition coefficient (Wildman–Crippen LogP) is 4.03. The number of fused-ring (bicyclic) bond motifs is 1. The maximum absolute atomic E-state index is 12.3. The summed E-state index contributed by atoms with van der Waals surface area (Å²) in [5.74, 6) is 0.157. The summed E-state index contributed by atoms with van der Waals surface area (Å²) in [4.78, 5) is 26.4. The van der Waals surface area contributed by atoms with Crippen molar-refractivity contribution in [3.8, 4) is 0 Å². The van der Waals surface area contributed by atoms with E-state index in [1.165, 1.54) is 11.8 Å². The highest BCUT2D eigenvalue weighted by molar-refractivity contribution is 8.07. The fraction of sp³-hybridized carbons (Fsp3) is 0.478. The van der Waals surface area contributed by atoms with Crippen molar-refractivity contribution in [1.82, 2.24) is 24.7 Å². The Balaban J connectivity index is 1.45. The average molecular weight is 520 g/mol. The molecular weight excluding hydrogens is 490 g/mol. The van der Waals surface area contributed by atoms with Crippen LogP contribution in [0, 0.1) is 0 Å². The van der Waals surface area contributed by atoms with Crippen LogP contribution >= 0.6 is 23.4 Å². The van der Waals surface area contributed by atoms with Crippen molar-refractivity contribution < 1.29 is 14.3 Å². The van der Waals surface area contributed by atoms with E-state index in [0.29, 0.717) is 29.6 Å². The summed E-state index contributed by atoms with van der Waals surface area (Å²) >= 11 is 8.14. The zero-order chi connectivity index (χ0) is 25.3. The number of carbonyl (C=O) groups excluding carboxylic acids is 2. The molecule has 1 aromatic heterocycles. The quantitative estimate of drug-likeness (QED) is 0.607. The first kappa shape index (κ1) is 25.2. The van der Waals surface area contributed by atoms with Gasteiger partial charge in [-0.05, 0) is 63.5 Å². The highest BCUT2D eigenvalue weighted by Crippen LogP contribution is 2.36.